The van der Waals surface area contributed by atoms with Gasteiger partial charge in [0.25, 0.3) is 10.0 Å². The van der Waals surface area contributed by atoms with E-state index in [4.69, 9.17) is 11.6 Å². The molecule has 0 bridgehead atoms. The van der Waals surface area contributed by atoms with Crippen LogP contribution in [0.5, 0.6) is 0 Å². The Hall–Kier alpha value is -1.55. The summed E-state index contributed by atoms with van der Waals surface area (Å²) in [6, 6.07) is 11.4. The Morgan fingerprint density at radius 2 is 2.04 bits per heavy atom. The molecule has 0 amide bonds. The van der Waals surface area contributed by atoms with Gasteiger partial charge in [0.1, 0.15) is 6.33 Å². The van der Waals surface area contributed by atoms with Crippen LogP contribution in [0.25, 0.3) is 0 Å². The Kier molecular flexibility index (Phi) is 5.38. The van der Waals surface area contributed by atoms with E-state index < -0.39 is 10.0 Å². The molecule has 6 nitrogen and oxygen atoms in total. The summed E-state index contributed by atoms with van der Waals surface area (Å²) in [6.07, 6.45) is 1.58. The molecule has 1 aromatic heterocycles. The van der Waals surface area contributed by atoms with Crippen molar-refractivity contribution in [3.8, 4) is 0 Å². The standard InChI is InChI=1S/C15H12BrClN4O2S2/c1-21-9-18-19-15(21)24-14-6-5-10(16)7-13(14)20-25(22,23)12-4-2-3-11(17)8-12/h2-9,20H,1H3. The summed E-state index contributed by atoms with van der Waals surface area (Å²) >= 11 is 10.6. The average Bonchev–Trinajstić information content (AvgIpc) is 2.95. The monoisotopic (exact) mass is 458 g/mol. The molecule has 1 heterocycles. The number of rotatable bonds is 5. The first-order valence-electron chi connectivity index (χ1n) is 6.95. The molecule has 0 aliphatic heterocycles. The second-order valence-corrected chi connectivity index (χ2v) is 9.07. The summed E-state index contributed by atoms with van der Waals surface area (Å²) in [4.78, 5) is 0.791. The van der Waals surface area contributed by atoms with Gasteiger partial charge in [-0.3, -0.25) is 4.72 Å². The molecule has 10 heteroatoms. The third-order valence-electron chi connectivity index (χ3n) is 3.16. The number of hydrogen-bond donors (Lipinski definition) is 1. The van der Waals surface area contributed by atoms with Crippen LogP contribution < -0.4 is 4.72 Å². The molecule has 130 valence electrons. The predicted molar refractivity (Wildman–Crippen MR) is 102 cm³/mol. The topological polar surface area (TPSA) is 76.9 Å². The second kappa shape index (κ2) is 7.36. The van der Waals surface area contributed by atoms with Gasteiger partial charge in [0.05, 0.1) is 10.6 Å². The van der Waals surface area contributed by atoms with Crippen molar-refractivity contribution in [3.05, 3.63) is 58.3 Å². The molecule has 0 aliphatic rings. The van der Waals surface area contributed by atoms with Crippen molar-refractivity contribution >= 4 is 55.0 Å². The third kappa shape index (κ3) is 4.35. The van der Waals surface area contributed by atoms with E-state index in [1.807, 2.05) is 13.1 Å². The molecule has 0 radical (unpaired) electrons. The van der Waals surface area contributed by atoms with Gasteiger partial charge < -0.3 is 4.57 Å². The Balaban J connectivity index is 1.96. The Morgan fingerprint density at radius 3 is 2.72 bits per heavy atom. The van der Waals surface area contributed by atoms with Gasteiger partial charge in [-0.2, -0.15) is 0 Å². The first-order chi connectivity index (χ1) is 11.8. The fourth-order valence-corrected chi connectivity index (χ4v) is 4.60. The molecule has 2 aromatic carbocycles. The van der Waals surface area contributed by atoms with E-state index >= 15 is 0 Å². The summed E-state index contributed by atoms with van der Waals surface area (Å²) in [5.74, 6) is 0. The Bertz CT molecular complexity index is 1020. The SMILES string of the molecule is Cn1cnnc1Sc1ccc(Br)cc1NS(=O)(=O)c1cccc(Cl)c1. The maximum Gasteiger partial charge on any atom is 0.261 e. The van der Waals surface area contributed by atoms with Crippen LogP contribution in [0.15, 0.2) is 68.2 Å². The smallest absolute Gasteiger partial charge is 0.261 e. The minimum absolute atomic E-state index is 0.0922. The molecule has 0 saturated carbocycles. The number of aryl methyl sites for hydroxylation is 1. The lowest BCUT2D eigenvalue weighted by Gasteiger charge is -2.13. The van der Waals surface area contributed by atoms with E-state index in [1.165, 1.54) is 23.9 Å². The van der Waals surface area contributed by atoms with E-state index in [0.717, 1.165) is 4.47 Å². The zero-order valence-electron chi connectivity index (χ0n) is 12.8. The number of sulfonamides is 1. The summed E-state index contributed by atoms with van der Waals surface area (Å²) in [6.45, 7) is 0. The van der Waals surface area contributed by atoms with Crippen molar-refractivity contribution in [2.45, 2.75) is 14.9 Å². The second-order valence-electron chi connectivity index (χ2n) is 5.03. The maximum atomic E-state index is 12.7. The molecule has 3 aromatic rings. The molecule has 1 N–H and O–H groups in total. The van der Waals surface area contributed by atoms with Gasteiger partial charge in [-0.15, -0.1) is 10.2 Å². The van der Waals surface area contributed by atoms with Gasteiger partial charge in [0.2, 0.25) is 0 Å². The highest BCUT2D eigenvalue weighted by Crippen LogP contribution is 2.35. The number of halogens is 2. The molecule has 0 aliphatic carbocycles. The first kappa shape index (κ1) is 18.2. The summed E-state index contributed by atoms with van der Waals surface area (Å²) in [5, 5.41) is 8.83. The van der Waals surface area contributed by atoms with Crippen LogP contribution in [0.3, 0.4) is 0 Å². The van der Waals surface area contributed by atoms with Gasteiger partial charge >= 0.3 is 0 Å². The minimum Gasteiger partial charge on any atom is -0.311 e. The van der Waals surface area contributed by atoms with Crippen LogP contribution in [0, 0.1) is 0 Å². The molecule has 0 unspecified atom stereocenters. The van der Waals surface area contributed by atoms with E-state index in [-0.39, 0.29) is 4.90 Å². The molecule has 25 heavy (non-hydrogen) atoms. The number of nitrogens with one attached hydrogen (secondary N) is 1. The molecule has 0 spiro atoms. The van der Waals surface area contributed by atoms with Gasteiger partial charge in [-0.25, -0.2) is 8.42 Å². The van der Waals surface area contributed by atoms with Gasteiger partial charge in [-0.05, 0) is 48.2 Å². The molecule has 0 fully saturated rings. The first-order valence-corrected chi connectivity index (χ1v) is 10.4. The van der Waals surface area contributed by atoms with Crippen LogP contribution in [0.1, 0.15) is 0 Å². The third-order valence-corrected chi connectivity index (χ3v) is 6.38. The highest BCUT2D eigenvalue weighted by atomic mass is 79.9. The average molecular weight is 460 g/mol. The number of anilines is 1. The zero-order valence-corrected chi connectivity index (χ0v) is 16.8. The van der Waals surface area contributed by atoms with Gasteiger partial charge in [-0.1, -0.05) is 33.6 Å². The number of nitrogens with zero attached hydrogens (tertiary/aromatic N) is 3. The van der Waals surface area contributed by atoms with E-state index in [2.05, 4.69) is 30.8 Å². The minimum atomic E-state index is -3.78. The quantitative estimate of drug-likeness (QED) is 0.619. The molecular weight excluding hydrogens is 448 g/mol. The zero-order chi connectivity index (χ0) is 18.0. The van der Waals surface area contributed by atoms with Crippen LogP contribution in [-0.4, -0.2) is 23.2 Å². The molecular formula is C15H12BrClN4O2S2. The summed E-state index contributed by atoms with van der Waals surface area (Å²) in [5.41, 5.74) is 0.433. The Labute approximate surface area is 162 Å². The van der Waals surface area contributed by atoms with Gasteiger partial charge in [0, 0.05) is 21.4 Å². The van der Waals surface area contributed by atoms with Crippen LogP contribution in [0.4, 0.5) is 5.69 Å². The van der Waals surface area contributed by atoms with E-state index in [0.29, 0.717) is 20.8 Å². The van der Waals surface area contributed by atoms with Crippen molar-refractivity contribution in [1.82, 2.24) is 14.8 Å². The molecule has 3 rings (SSSR count). The number of aromatic nitrogens is 3. The van der Waals surface area contributed by atoms with Crippen molar-refractivity contribution in [2.24, 2.45) is 7.05 Å². The van der Waals surface area contributed by atoms with Crippen molar-refractivity contribution in [3.63, 3.8) is 0 Å². The predicted octanol–water partition coefficient (Wildman–Crippen LogP) is 4.18. The van der Waals surface area contributed by atoms with E-state index in [9.17, 15) is 8.42 Å². The lowest BCUT2D eigenvalue weighted by molar-refractivity contribution is 0.601. The van der Waals surface area contributed by atoms with E-state index in [1.54, 1.807) is 35.2 Å². The highest BCUT2D eigenvalue weighted by molar-refractivity contribution is 9.10. The molecule has 0 saturated heterocycles. The van der Waals surface area contributed by atoms with Crippen LogP contribution in [0.2, 0.25) is 5.02 Å². The lowest BCUT2D eigenvalue weighted by atomic mass is 10.3. The Morgan fingerprint density at radius 1 is 1.24 bits per heavy atom. The van der Waals surface area contributed by atoms with Crippen LogP contribution >= 0.6 is 39.3 Å². The fourth-order valence-electron chi connectivity index (χ4n) is 1.97. The van der Waals surface area contributed by atoms with Crippen molar-refractivity contribution in [2.75, 3.05) is 4.72 Å². The fraction of sp³-hybridized carbons (Fsp3) is 0.0667. The maximum absolute atomic E-state index is 12.7. The normalized spacial score (nSPS) is 11.5. The van der Waals surface area contributed by atoms with Crippen molar-refractivity contribution < 1.29 is 8.42 Å². The van der Waals surface area contributed by atoms with Crippen molar-refractivity contribution in [1.29, 1.82) is 0 Å². The summed E-state index contributed by atoms with van der Waals surface area (Å²) in [7, 11) is -1.96. The summed E-state index contributed by atoms with van der Waals surface area (Å²) < 4.78 is 30.4. The van der Waals surface area contributed by atoms with Gasteiger partial charge in [0.15, 0.2) is 5.16 Å². The number of benzene rings is 2. The highest BCUT2D eigenvalue weighted by Gasteiger charge is 2.18. The largest absolute Gasteiger partial charge is 0.311 e. The molecule has 0 atom stereocenters. The number of hydrogen-bond acceptors (Lipinski definition) is 5. The lowest BCUT2D eigenvalue weighted by Crippen LogP contribution is -2.13. The van der Waals surface area contributed by atoms with Crippen LogP contribution in [-0.2, 0) is 17.1 Å².